The summed E-state index contributed by atoms with van der Waals surface area (Å²) in [5.74, 6) is -3.07. The first-order valence-corrected chi connectivity index (χ1v) is 10.8. The van der Waals surface area contributed by atoms with E-state index in [1.54, 1.807) is 31.7 Å². The van der Waals surface area contributed by atoms with E-state index in [0.29, 0.717) is 11.6 Å². The standard InChI is InChI=1S/C14H8F3NO3.C9H8O4.C3H4N2/c15-14(16,17)12-8-10(18(20)21)6-7-11(12)13(19)9-4-2-1-3-5-9;1-5-2-3-6(8(10)11)4-7(5)9(12)13;1-2-5-3-4-1/h1-8H;2-4H,1H3,(H,10,11)(H,12,13);1-3H,(H,4,5). The lowest BCUT2D eigenvalue weighted by Crippen LogP contribution is -2.14. The Balaban J connectivity index is 0.000000249. The van der Waals surface area contributed by atoms with Crippen molar-refractivity contribution >= 4 is 23.4 Å². The smallest absolute Gasteiger partial charge is 0.417 e. The van der Waals surface area contributed by atoms with Crippen molar-refractivity contribution in [1.82, 2.24) is 9.97 Å². The molecule has 0 unspecified atom stereocenters. The molecule has 4 rings (SSSR count). The third kappa shape index (κ3) is 8.63. The zero-order valence-electron chi connectivity index (χ0n) is 20.0. The highest BCUT2D eigenvalue weighted by atomic mass is 19.4. The van der Waals surface area contributed by atoms with Crippen LogP contribution in [0.5, 0.6) is 0 Å². The van der Waals surface area contributed by atoms with Crippen molar-refractivity contribution in [2.24, 2.45) is 0 Å². The second-order valence-electron chi connectivity index (χ2n) is 7.58. The van der Waals surface area contributed by atoms with Gasteiger partial charge in [-0.15, -0.1) is 0 Å². The number of aryl methyl sites for hydroxylation is 1. The zero-order valence-corrected chi connectivity index (χ0v) is 20.0. The molecule has 0 saturated carbocycles. The van der Waals surface area contributed by atoms with E-state index < -0.39 is 45.6 Å². The summed E-state index contributed by atoms with van der Waals surface area (Å²) in [6.45, 7) is 1.62. The number of benzene rings is 3. The Bertz CT molecular complexity index is 1440. The number of hydrogen-bond acceptors (Lipinski definition) is 6. The molecule has 3 aromatic carbocycles. The third-order valence-electron chi connectivity index (χ3n) is 4.92. The number of non-ortho nitro benzene ring substituents is 1. The van der Waals surface area contributed by atoms with E-state index in [2.05, 4.69) is 9.97 Å². The second kappa shape index (κ2) is 13.3. The van der Waals surface area contributed by atoms with Gasteiger partial charge in [0.2, 0.25) is 0 Å². The molecule has 0 radical (unpaired) electrons. The summed E-state index contributed by atoms with van der Waals surface area (Å²) in [6, 6.07) is 13.5. The van der Waals surface area contributed by atoms with Crippen LogP contribution in [0, 0.1) is 17.0 Å². The molecule has 0 aliphatic carbocycles. The van der Waals surface area contributed by atoms with E-state index in [0.717, 1.165) is 18.2 Å². The fourth-order valence-electron chi connectivity index (χ4n) is 3.02. The van der Waals surface area contributed by atoms with Crippen molar-refractivity contribution in [3.8, 4) is 0 Å². The van der Waals surface area contributed by atoms with Gasteiger partial charge in [0.1, 0.15) is 0 Å². The summed E-state index contributed by atoms with van der Waals surface area (Å²) in [5, 5.41) is 27.9. The molecule has 0 bridgehead atoms. The SMILES string of the molecule is Cc1ccc(C(=O)O)cc1C(=O)O.O=C(c1ccccc1)c1ccc([N+](=O)[O-])cc1C(F)(F)F.c1c[nH]cn1. The second-order valence-corrected chi connectivity index (χ2v) is 7.58. The number of aromatic amines is 1. The minimum absolute atomic E-state index is 0.0111. The van der Waals surface area contributed by atoms with Crippen molar-refractivity contribution < 1.29 is 42.7 Å². The highest BCUT2D eigenvalue weighted by Gasteiger charge is 2.37. The first-order valence-electron chi connectivity index (χ1n) is 10.8. The van der Waals surface area contributed by atoms with E-state index >= 15 is 0 Å². The molecule has 0 atom stereocenters. The van der Waals surface area contributed by atoms with Crippen LogP contribution >= 0.6 is 0 Å². The Kier molecular flexibility index (Phi) is 10.2. The number of nitrogens with one attached hydrogen (secondary N) is 1. The fraction of sp³-hybridized carbons (Fsp3) is 0.0769. The Morgan fingerprint density at radius 1 is 0.897 bits per heavy atom. The number of nitro groups is 1. The summed E-state index contributed by atoms with van der Waals surface area (Å²) in [5.41, 5.74) is -1.99. The number of H-pyrrole nitrogens is 1. The van der Waals surface area contributed by atoms with Crippen LogP contribution in [-0.2, 0) is 6.18 Å². The lowest BCUT2D eigenvalue weighted by atomic mass is 9.97. The highest BCUT2D eigenvalue weighted by molar-refractivity contribution is 6.10. The molecule has 0 fully saturated rings. The maximum absolute atomic E-state index is 13.0. The normalized spacial score (nSPS) is 10.3. The lowest BCUT2D eigenvalue weighted by Gasteiger charge is -2.11. The van der Waals surface area contributed by atoms with Gasteiger partial charge in [0, 0.05) is 35.7 Å². The maximum Gasteiger partial charge on any atom is 0.417 e. The summed E-state index contributed by atoms with van der Waals surface area (Å²) in [4.78, 5) is 49.3. The molecule has 1 aromatic heterocycles. The van der Waals surface area contributed by atoms with Crippen LogP contribution in [0.3, 0.4) is 0 Å². The number of aromatic nitrogens is 2. The molecule has 1 heterocycles. The molecule has 202 valence electrons. The predicted octanol–water partition coefficient (Wildman–Crippen LogP) is 5.65. The molecular weight excluding hydrogens is 523 g/mol. The fourth-order valence-corrected chi connectivity index (χ4v) is 3.02. The number of halogens is 3. The minimum Gasteiger partial charge on any atom is -0.478 e. The molecule has 39 heavy (non-hydrogen) atoms. The highest BCUT2D eigenvalue weighted by Crippen LogP contribution is 2.35. The van der Waals surface area contributed by atoms with E-state index in [4.69, 9.17) is 10.2 Å². The number of alkyl halides is 3. The summed E-state index contributed by atoms with van der Waals surface area (Å²) < 4.78 is 39.0. The molecular formula is C26H20F3N3O7. The predicted molar refractivity (Wildman–Crippen MR) is 132 cm³/mol. The van der Waals surface area contributed by atoms with Gasteiger partial charge < -0.3 is 15.2 Å². The number of nitro benzene ring substituents is 1. The Morgan fingerprint density at radius 2 is 1.56 bits per heavy atom. The van der Waals surface area contributed by atoms with Crippen LogP contribution in [0.1, 0.15) is 47.8 Å². The van der Waals surface area contributed by atoms with Gasteiger partial charge in [0.05, 0.1) is 27.9 Å². The number of ketones is 1. The van der Waals surface area contributed by atoms with Crippen molar-refractivity contribution in [1.29, 1.82) is 0 Å². The van der Waals surface area contributed by atoms with Gasteiger partial charge in [-0.1, -0.05) is 36.4 Å². The summed E-state index contributed by atoms with van der Waals surface area (Å²) in [7, 11) is 0. The third-order valence-corrected chi connectivity index (χ3v) is 4.92. The Morgan fingerprint density at radius 3 is 2.03 bits per heavy atom. The summed E-state index contributed by atoms with van der Waals surface area (Å²) >= 11 is 0. The van der Waals surface area contributed by atoms with Crippen LogP contribution in [-0.4, -0.2) is 42.8 Å². The Labute approximate surface area is 218 Å². The average Bonchev–Trinajstić information content (AvgIpc) is 3.49. The number of aromatic carboxylic acids is 2. The quantitative estimate of drug-likeness (QED) is 0.165. The number of nitrogens with zero attached hydrogens (tertiary/aromatic N) is 2. The van der Waals surface area contributed by atoms with Gasteiger partial charge in [-0.25, -0.2) is 14.6 Å². The number of carboxylic acids is 2. The van der Waals surface area contributed by atoms with Gasteiger partial charge in [0.15, 0.2) is 5.78 Å². The topological polar surface area (TPSA) is 163 Å². The number of imidazole rings is 1. The maximum atomic E-state index is 13.0. The largest absolute Gasteiger partial charge is 0.478 e. The molecule has 0 spiro atoms. The van der Waals surface area contributed by atoms with Gasteiger partial charge in [-0.05, 0) is 30.7 Å². The van der Waals surface area contributed by atoms with Crippen LogP contribution in [0.2, 0.25) is 0 Å². The molecule has 4 aromatic rings. The number of carboxylic acid groups (broad SMARTS) is 2. The van der Waals surface area contributed by atoms with E-state index in [1.807, 2.05) is 0 Å². The van der Waals surface area contributed by atoms with Crippen molar-refractivity contribution in [2.75, 3.05) is 0 Å². The van der Waals surface area contributed by atoms with E-state index in [-0.39, 0.29) is 16.7 Å². The molecule has 0 aliphatic rings. The van der Waals surface area contributed by atoms with Gasteiger partial charge in [0.25, 0.3) is 5.69 Å². The number of hydrogen-bond donors (Lipinski definition) is 3. The van der Waals surface area contributed by atoms with Gasteiger partial charge >= 0.3 is 18.1 Å². The van der Waals surface area contributed by atoms with E-state index in [1.165, 1.54) is 36.4 Å². The van der Waals surface area contributed by atoms with Gasteiger partial charge in [-0.2, -0.15) is 13.2 Å². The van der Waals surface area contributed by atoms with Crippen molar-refractivity contribution in [2.45, 2.75) is 13.1 Å². The first kappa shape index (κ1) is 29.9. The molecule has 0 amide bonds. The van der Waals surface area contributed by atoms with Gasteiger partial charge in [-0.3, -0.25) is 14.9 Å². The lowest BCUT2D eigenvalue weighted by molar-refractivity contribution is -0.385. The number of carbonyl (C=O) groups excluding carboxylic acids is 1. The van der Waals surface area contributed by atoms with Crippen molar-refractivity contribution in [3.63, 3.8) is 0 Å². The van der Waals surface area contributed by atoms with Crippen LogP contribution in [0.15, 0.2) is 85.5 Å². The number of carbonyl (C=O) groups is 3. The van der Waals surface area contributed by atoms with Crippen LogP contribution in [0.4, 0.5) is 18.9 Å². The minimum atomic E-state index is -4.86. The molecule has 3 N–H and O–H groups in total. The molecule has 13 heteroatoms. The Hall–Kier alpha value is -5.33. The monoisotopic (exact) mass is 543 g/mol. The van der Waals surface area contributed by atoms with Crippen LogP contribution < -0.4 is 0 Å². The van der Waals surface area contributed by atoms with Crippen molar-refractivity contribution in [3.05, 3.63) is 129 Å². The average molecular weight is 543 g/mol. The van der Waals surface area contributed by atoms with E-state index in [9.17, 15) is 37.7 Å². The first-order chi connectivity index (χ1) is 18.3. The zero-order chi connectivity index (χ0) is 29.2. The number of rotatable bonds is 5. The molecule has 0 saturated heterocycles. The summed E-state index contributed by atoms with van der Waals surface area (Å²) in [6.07, 6.45) is 0.228. The molecule has 10 nitrogen and oxygen atoms in total. The van der Waals surface area contributed by atoms with Crippen LogP contribution in [0.25, 0.3) is 0 Å². The molecule has 0 aliphatic heterocycles.